The molecule has 0 bridgehead atoms. The highest BCUT2D eigenvalue weighted by atomic mass is 32.2. The predicted octanol–water partition coefficient (Wildman–Crippen LogP) is 2.32. The first-order chi connectivity index (χ1) is 8.33. The minimum absolute atomic E-state index is 0.310. The Morgan fingerprint density at radius 2 is 2.00 bits per heavy atom. The van der Waals surface area contributed by atoms with Gasteiger partial charge >= 0.3 is 0 Å². The van der Waals surface area contributed by atoms with Crippen LogP contribution >= 0.6 is 11.8 Å². The first kappa shape index (κ1) is 14.6. The summed E-state index contributed by atoms with van der Waals surface area (Å²) >= 11 is 1.90. The standard InChI is InChI=1S/C14H23NOS/c1-13(12-14-6-3-2-4-7-14)15-8-11-17-10-5-9-16/h2-4,6-7,13,15-16H,5,8-12H2,1H3. The van der Waals surface area contributed by atoms with Crippen molar-refractivity contribution in [2.45, 2.75) is 25.8 Å². The van der Waals surface area contributed by atoms with E-state index in [0.717, 1.165) is 30.9 Å². The SMILES string of the molecule is CC(Cc1ccccc1)NCCSCCCO. The van der Waals surface area contributed by atoms with Gasteiger partial charge in [-0.15, -0.1) is 0 Å². The molecule has 17 heavy (non-hydrogen) atoms. The molecule has 0 aliphatic rings. The molecule has 1 aromatic rings. The van der Waals surface area contributed by atoms with Gasteiger partial charge in [-0.05, 0) is 31.1 Å². The Morgan fingerprint density at radius 1 is 1.24 bits per heavy atom. The number of thioether (sulfide) groups is 1. The second-order valence-corrected chi connectivity index (χ2v) is 5.46. The zero-order chi connectivity index (χ0) is 12.3. The van der Waals surface area contributed by atoms with Crippen LogP contribution in [-0.2, 0) is 6.42 Å². The van der Waals surface area contributed by atoms with Gasteiger partial charge in [-0.3, -0.25) is 0 Å². The maximum absolute atomic E-state index is 8.65. The number of hydrogen-bond acceptors (Lipinski definition) is 3. The van der Waals surface area contributed by atoms with E-state index in [1.807, 2.05) is 11.8 Å². The Hall–Kier alpha value is -0.510. The highest BCUT2D eigenvalue weighted by molar-refractivity contribution is 7.99. The summed E-state index contributed by atoms with van der Waals surface area (Å²) in [6.07, 6.45) is 1.99. The van der Waals surface area contributed by atoms with Gasteiger partial charge in [0.25, 0.3) is 0 Å². The van der Waals surface area contributed by atoms with Crippen LogP contribution in [0.3, 0.4) is 0 Å². The third-order valence-electron chi connectivity index (χ3n) is 2.57. The minimum atomic E-state index is 0.310. The minimum Gasteiger partial charge on any atom is -0.396 e. The van der Waals surface area contributed by atoms with Crippen molar-refractivity contribution in [2.75, 3.05) is 24.7 Å². The monoisotopic (exact) mass is 253 g/mol. The quantitative estimate of drug-likeness (QED) is 0.663. The Labute approximate surface area is 109 Å². The fraction of sp³-hybridized carbons (Fsp3) is 0.571. The van der Waals surface area contributed by atoms with Gasteiger partial charge in [-0.2, -0.15) is 11.8 Å². The van der Waals surface area contributed by atoms with Gasteiger partial charge in [0.15, 0.2) is 0 Å². The van der Waals surface area contributed by atoms with Gasteiger partial charge < -0.3 is 10.4 Å². The van der Waals surface area contributed by atoms with Crippen LogP contribution in [0.2, 0.25) is 0 Å². The summed E-state index contributed by atoms with van der Waals surface area (Å²) in [5.74, 6) is 2.18. The number of benzene rings is 1. The molecule has 3 heteroatoms. The molecule has 0 saturated heterocycles. The molecule has 1 atom stereocenters. The lowest BCUT2D eigenvalue weighted by molar-refractivity contribution is 0.296. The van der Waals surface area contributed by atoms with Crippen molar-refractivity contribution in [3.05, 3.63) is 35.9 Å². The van der Waals surface area contributed by atoms with Crippen molar-refractivity contribution in [1.82, 2.24) is 5.32 Å². The molecule has 0 amide bonds. The van der Waals surface area contributed by atoms with Crippen molar-refractivity contribution in [3.63, 3.8) is 0 Å². The topological polar surface area (TPSA) is 32.3 Å². The van der Waals surface area contributed by atoms with Crippen molar-refractivity contribution in [1.29, 1.82) is 0 Å². The van der Waals surface area contributed by atoms with Gasteiger partial charge in [0, 0.05) is 24.9 Å². The molecule has 0 aromatic heterocycles. The highest BCUT2D eigenvalue weighted by Gasteiger charge is 2.01. The van der Waals surface area contributed by atoms with Gasteiger partial charge in [0.2, 0.25) is 0 Å². The van der Waals surface area contributed by atoms with Crippen LogP contribution in [0.25, 0.3) is 0 Å². The number of nitrogens with one attached hydrogen (secondary N) is 1. The molecular weight excluding hydrogens is 230 g/mol. The summed E-state index contributed by atoms with van der Waals surface area (Å²) in [4.78, 5) is 0. The molecule has 2 N–H and O–H groups in total. The molecular formula is C14H23NOS. The average molecular weight is 253 g/mol. The van der Waals surface area contributed by atoms with E-state index in [1.54, 1.807) is 0 Å². The molecule has 0 aliphatic heterocycles. The van der Waals surface area contributed by atoms with Crippen LogP contribution in [-0.4, -0.2) is 35.8 Å². The van der Waals surface area contributed by atoms with Crippen LogP contribution in [0.4, 0.5) is 0 Å². The molecule has 0 saturated carbocycles. The Bertz CT molecular complexity index is 279. The third-order valence-corrected chi connectivity index (χ3v) is 3.64. The third kappa shape index (κ3) is 7.42. The zero-order valence-electron chi connectivity index (χ0n) is 10.6. The van der Waals surface area contributed by atoms with Gasteiger partial charge in [0.05, 0.1) is 0 Å². The lowest BCUT2D eigenvalue weighted by Gasteiger charge is -2.13. The lowest BCUT2D eigenvalue weighted by Crippen LogP contribution is -2.30. The summed E-state index contributed by atoms with van der Waals surface area (Å²) in [6, 6.07) is 11.1. The van der Waals surface area contributed by atoms with Crippen molar-refractivity contribution >= 4 is 11.8 Å². The predicted molar refractivity (Wildman–Crippen MR) is 76.6 cm³/mol. The summed E-state index contributed by atoms with van der Waals surface area (Å²) in [7, 11) is 0. The lowest BCUT2D eigenvalue weighted by atomic mass is 10.1. The molecule has 1 rings (SSSR count). The van der Waals surface area contributed by atoms with E-state index in [9.17, 15) is 0 Å². The van der Waals surface area contributed by atoms with Crippen LogP contribution in [0.1, 0.15) is 18.9 Å². The molecule has 96 valence electrons. The molecule has 0 spiro atoms. The van der Waals surface area contributed by atoms with Crippen LogP contribution in [0, 0.1) is 0 Å². The summed E-state index contributed by atoms with van der Waals surface area (Å²) in [5.41, 5.74) is 1.39. The second kappa shape index (κ2) is 9.51. The summed E-state index contributed by atoms with van der Waals surface area (Å²) in [5, 5.41) is 12.2. The molecule has 1 unspecified atom stereocenters. The first-order valence-corrected chi connectivity index (χ1v) is 7.44. The molecule has 0 fully saturated rings. The van der Waals surface area contributed by atoms with E-state index in [0.29, 0.717) is 12.6 Å². The number of hydrogen-bond donors (Lipinski definition) is 2. The number of aliphatic hydroxyl groups is 1. The Kier molecular flexibility index (Phi) is 8.14. The second-order valence-electron chi connectivity index (χ2n) is 4.23. The van der Waals surface area contributed by atoms with Gasteiger partial charge in [0.1, 0.15) is 0 Å². The highest BCUT2D eigenvalue weighted by Crippen LogP contribution is 2.04. The largest absolute Gasteiger partial charge is 0.396 e. The molecule has 2 nitrogen and oxygen atoms in total. The van der Waals surface area contributed by atoms with Crippen molar-refractivity contribution in [3.8, 4) is 0 Å². The normalized spacial score (nSPS) is 12.6. The molecule has 1 aromatic carbocycles. The summed E-state index contributed by atoms with van der Waals surface area (Å²) < 4.78 is 0. The van der Waals surface area contributed by atoms with Gasteiger partial charge in [-0.25, -0.2) is 0 Å². The molecule has 0 heterocycles. The average Bonchev–Trinajstić information content (AvgIpc) is 2.35. The van der Waals surface area contributed by atoms with Crippen molar-refractivity contribution in [2.24, 2.45) is 0 Å². The van der Waals surface area contributed by atoms with Crippen LogP contribution in [0.5, 0.6) is 0 Å². The van der Waals surface area contributed by atoms with Gasteiger partial charge in [-0.1, -0.05) is 30.3 Å². The number of aliphatic hydroxyl groups excluding tert-OH is 1. The van der Waals surface area contributed by atoms with E-state index in [2.05, 4.69) is 42.6 Å². The smallest absolute Gasteiger partial charge is 0.0438 e. The van der Waals surface area contributed by atoms with E-state index >= 15 is 0 Å². The maximum Gasteiger partial charge on any atom is 0.0438 e. The van der Waals surface area contributed by atoms with E-state index < -0.39 is 0 Å². The molecule has 0 radical (unpaired) electrons. The van der Waals surface area contributed by atoms with Crippen molar-refractivity contribution < 1.29 is 5.11 Å². The Balaban J connectivity index is 2.03. The number of rotatable bonds is 9. The first-order valence-electron chi connectivity index (χ1n) is 6.29. The summed E-state index contributed by atoms with van der Waals surface area (Å²) in [6.45, 7) is 3.58. The van der Waals surface area contributed by atoms with E-state index in [4.69, 9.17) is 5.11 Å². The fourth-order valence-electron chi connectivity index (χ4n) is 1.69. The van der Waals surface area contributed by atoms with E-state index in [-0.39, 0.29) is 0 Å². The maximum atomic E-state index is 8.65. The van der Waals surface area contributed by atoms with Crippen LogP contribution in [0.15, 0.2) is 30.3 Å². The fourth-order valence-corrected chi connectivity index (χ4v) is 2.49. The zero-order valence-corrected chi connectivity index (χ0v) is 11.4. The Morgan fingerprint density at radius 3 is 2.71 bits per heavy atom. The van der Waals surface area contributed by atoms with Crippen LogP contribution < -0.4 is 5.32 Å². The van der Waals surface area contributed by atoms with E-state index in [1.165, 1.54) is 5.56 Å². The molecule has 0 aliphatic carbocycles.